The van der Waals surface area contributed by atoms with Crippen LogP contribution in [0.5, 0.6) is 5.75 Å². The highest BCUT2D eigenvalue weighted by Crippen LogP contribution is 2.26. The van der Waals surface area contributed by atoms with Crippen molar-refractivity contribution < 1.29 is 4.74 Å². The van der Waals surface area contributed by atoms with Gasteiger partial charge < -0.3 is 10.1 Å². The van der Waals surface area contributed by atoms with E-state index in [1.807, 2.05) is 19.2 Å². The topological polar surface area (TPSA) is 21.3 Å². The Labute approximate surface area is 121 Å². The second kappa shape index (κ2) is 6.58. The molecule has 0 bridgehead atoms. The summed E-state index contributed by atoms with van der Waals surface area (Å²) in [5.74, 6) is 0.916. The molecule has 2 nitrogen and oxygen atoms in total. The van der Waals surface area contributed by atoms with Crippen LogP contribution < -0.4 is 10.1 Å². The number of likely N-dealkylation sites (N-methyl/N-ethyl adjacent to an activating group) is 1. The smallest absolute Gasteiger partial charge is 0.119 e. The SMILES string of the molecule is CNC(Cc1cccc(OC)c1)c1c(C)cccc1C. The van der Waals surface area contributed by atoms with Gasteiger partial charge in [0.05, 0.1) is 7.11 Å². The van der Waals surface area contributed by atoms with Gasteiger partial charge in [0.2, 0.25) is 0 Å². The van der Waals surface area contributed by atoms with Crippen LogP contribution in [0.1, 0.15) is 28.3 Å². The molecule has 0 saturated heterocycles. The Balaban J connectivity index is 2.29. The van der Waals surface area contributed by atoms with Crippen molar-refractivity contribution in [1.82, 2.24) is 5.32 Å². The molecule has 0 radical (unpaired) electrons. The van der Waals surface area contributed by atoms with Gasteiger partial charge in [-0.05, 0) is 61.7 Å². The molecule has 20 heavy (non-hydrogen) atoms. The summed E-state index contributed by atoms with van der Waals surface area (Å²) in [7, 11) is 3.73. The van der Waals surface area contributed by atoms with E-state index in [9.17, 15) is 0 Å². The molecule has 0 spiro atoms. The first kappa shape index (κ1) is 14.6. The monoisotopic (exact) mass is 269 g/mol. The fourth-order valence-electron chi connectivity index (χ4n) is 2.76. The predicted molar refractivity (Wildman–Crippen MR) is 84.4 cm³/mol. The van der Waals surface area contributed by atoms with Crippen LogP contribution in [-0.4, -0.2) is 14.2 Å². The van der Waals surface area contributed by atoms with Gasteiger partial charge in [-0.3, -0.25) is 0 Å². The number of ether oxygens (including phenoxy) is 1. The van der Waals surface area contributed by atoms with E-state index >= 15 is 0 Å². The maximum Gasteiger partial charge on any atom is 0.119 e. The van der Waals surface area contributed by atoms with Gasteiger partial charge in [-0.15, -0.1) is 0 Å². The van der Waals surface area contributed by atoms with Gasteiger partial charge in [0, 0.05) is 6.04 Å². The zero-order valence-corrected chi connectivity index (χ0v) is 12.7. The Morgan fingerprint density at radius 1 is 1.05 bits per heavy atom. The lowest BCUT2D eigenvalue weighted by Crippen LogP contribution is -2.21. The first-order valence-corrected chi connectivity index (χ1v) is 7.02. The van der Waals surface area contributed by atoms with Crippen molar-refractivity contribution >= 4 is 0 Å². The predicted octanol–water partition coefficient (Wildman–Crippen LogP) is 3.82. The van der Waals surface area contributed by atoms with Crippen LogP contribution in [0.4, 0.5) is 0 Å². The van der Waals surface area contributed by atoms with Crippen molar-refractivity contribution in [3.8, 4) is 5.75 Å². The van der Waals surface area contributed by atoms with Crippen molar-refractivity contribution in [2.24, 2.45) is 0 Å². The Morgan fingerprint density at radius 2 is 1.70 bits per heavy atom. The summed E-state index contributed by atoms with van der Waals surface area (Å²) in [6, 6.07) is 15.1. The number of hydrogen-bond acceptors (Lipinski definition) is 2. The van der Waals surface area contributed by atoms with Crippen LogP contribution >= 0.6 is 0 Å². The molecule has 0 fully saturated rings. The second-order valence-corrected chi connectivity index (χ2v) is 5.20. The number of aryl methyl sites for hydroxylation is 2. The number of methoxy groups -OCH3 is 1. The molecule has 0 aromatic heterocycles. The van der Waals surface area contributed by atoms with Gasteiger partial charge in [-0.1, -0.05) is 30.3 Å². The lowest BCUT2D eigenvalue weighted by molar-refractivity contribution is 0.414. The zero-order chi connectivity index (χ0) is 14.5. The van der Waals surface area contributed by atoms with Crippen LogP contribution in [0.2, 0.25) is 0 Å². The van der Waals surface area contributed by atoms with E-state index in [0.29, 0.717) is 6.04 Å². The van der Waals surface area contributed by atoms with E-state index in [1.54, 1.807) is 7.11 Å². The summed E-state index contributed by atoms with van der Waals surface area (Å²) in [4.78, 5) is 0. The van der Waals surface area contributed by atoms with Crippen LogP contribution in [0.3, 0.4) is 0 Å². The lowest BCUT2D eigenvalue weighted by Gasteiger charge is -2.21. The normalized spacial score (nSPS) is 12.2. The average molecular weight is 269 g/mol. The highest BCUT2D eigenvalue weighted by molar-refractivity contribution is 5.38. The molecule has 2 rings (SSSR count). The third-order valence-corrected chi connectivity index (χ3v) is 3.81. The maximum atomic E-state index is 5.30. The van der Waals surface area contributed by atoms with Crippen LogP contribution in [-0.2, 0) is 6.42 Å². The number of benzene rings is 2. The van der Waals surface area contributed by atoms with E-state index < -0.39 is 0 Å². The van der Waals surface area contributed by atoms with Crippen molar-refractivity contribution in [3.63, 3.8) is 0 Å². The summed E-state index contributed by atoms with van der Waals surface area (Å²) in [6.45, 7) is 4.36. The van der Waals surface area contributed by atoms with E-state index in [-0.39, 0.29) is 0 Å². The molecule has 1 unspecified atom stereocenters. The first-order chi connectivity index (χ1) is 9.65. The largest absolute Gasteiger partial charge is 0.497 e. The van der Waals surface area contributed by atoms with Gasteiger partial charge in [-0.2, -0.15) is 0 Å². The van der Waals surface area contributed by atoms with E-state index in [1.165, 1.54) is 22.3 Å². The average Bonchev–Trinajstić information content (AvgIpc) is 2.46. The summed E-state index contributed by atoms with van der Waals surface area (Å²) in [5, 5.41) is 3.45. The van der Waals surface area contributed by atoms with Gasteiger partial charge in [0.25, 0.3) is 0 Å². The van der Waals surface area contributed by atoms with E-state index in [2.05, 4.69) is 49.5 Å². The minimum atomic E-state index is 0.323. The maximum absolute atomic E-state index is 5.30. The van der Waals surface area contributed by atoms with Crippen molar-refractivity contribution in [1.29, 1.82) is 0 Å². The molecule has 0 saturated carbocycles. The van der Waals surface area contributed by atoms with Crippen molar-refractivity contribution in [2.45, 2.75) is 26.3 Å². The molecule has 106 valence electrons. The van der Waals surface area contributed by atoms with Crippen LogP contribution in [0.15, 0.2) is 42.5 Å². The Kier molecular flexibility index (Phi) is 4.80. The summed E-state index contributed by atoms with van der Waals surface area (Å²) < 4.78 is 5.30. The number of nitrogens with one attached hydrogen (secondary N) is 1. The second-order valence-electron chi connectivity index (χ2n) is 5.20. The Bertz CT molecular complexity index is 557. The molecule has 0 heterocycles. The molecule has 1 atom stereocenters. The molecular weight excluding hydrogens is 246 g/mol. The third kappa shape index (κ3) is 3.20. The molecule has 0 aliphatic heterocycles. The van der Waals surface area contributed by atoms with Gasteiger partial charge >= 0.3 is 0 Å². The minimum absolute atomic E-state index is 0.323. The standard InChI is InChI=1S/C18H23NO/c1-13-7-5-8-14(2)18(13)17(19-3)12-15-9-6-10-16(11-15)20-4/h5-11,17,19H,12H2,1-4H3. The minimum Gasteiger partial charge on any atom is -0.497 e. The fraction of sp³-hybridized carbons (Fsp3) is 0.333. The molecule has 2 heteroatoms. The van der Waals surface area contributed by atoms with Crippen molar-refractivity contribution in [2.75, 3.05) is 14.2 Å². The van der Waals surface area contributed by atoms with Crippen LogP contribution in [0.25, 0.3) is 0 Å². The third-order valence-electron chi connectivity index (χ3n) is 3.81. The molecule has 1 N–H and O–H groups in total. The van der Waals surface area contributed by atoms with Gasteiger partial charge in [-0.25, -0.2) is 0 Å². The summed E-state index contributed by atoms with van der Waals surface area (Å²) >= 11 is 0. The van der Waals surface area contributed by atoms with Gasteiger partial charge in [0.15, 0.2) is 0 Å². The fourth-order valence-corrected chi connectivity index (χ4v) is 2.76. The molecule has 0 aliphatic rings. The van der Waals surface area contributed by atoms with E-state index in [4.69, 9.17) is 4.74 Å². The quantitative estimate of drug-likeness (QED) is 0.891. The molecule has 2 aromatic carbocycles. The molecule has 2 aromatic rings. The first-order valence-electron chi connectivity index (χ1n) is 7.02. The lowest BCUT2D eigenvalue weighted by atomic mass is 9.92. The molecule has 0 amide bonds. The highest BCUT2D eigenvalue weighted by atomic mass is 16.5. The Morgan fingerprint density at radius 3 is 2.30 bits per heavy atom. The zero-order valence-electron chi connectivity index (χ0n) is 12.7. The highest BCUT2D eigenvalue weighted by Gasteiger charge is 2.15. The number of rotatable bonds is 5. The van der Waals surface area contributed by atoms with Crippen molar-refractivity contribution in [3.05, 3.63) is 64.7 Å². The Hall–Kier alpha value is -1.80. The number of hydrogen-bond donors (Lipinski definition) is 1. The molecule has 0 aliphatic carbocycles. The molecular formula is C18H23NO. The summed E-state index contributed by atoms with van der Waals surface area (Å²) in [6.07, 6.45) is 0.958. The summed E-state index contributed by atoms with van der Waals surface area (Å²) in [5.41, 5.74) is 5.36. The van der Waals surface area contributed by atoms with Crippen LogP contribution in [0, 0.1) is 13.8 Å². The van der Waals surface area contributed by atoms with E-state index in [0.717, 1.165) is 12.2 Å². The van der Waals surface area contributed by atoms with Gasteiger partial charge in [0.1, 0.15) is 5.75 Å².